The number of rotatable bonds is 11. The lowest BCUT2D eigenvalue weighted by molar-refractivity contribution is -0.126. The number of nitrogens with one attached hydrogen (secondary N) is 2. The van der Waals surface area contributed by atoms with Crippen LogP contribution < -0.4 is 25.0 Å². The van der Waals surface area contributed by atoms with Crippen LogP contribution in [0.4, 0.5) is 10.1 Å². The van der Waals surface area contributed by atoms with Gasteiger partial charge in [0.15, 0.2) is 17.3 Å². The second-order valence-corrected chi connectivity index (χ2v) is 9.33. The van der Waals surface area contributed by atoms with Gasteiger partial charge in [0.25, 0.3) is 5.91 Å². The van der Waals surface area contributed by atoms with E-state index in [9.17, 15) is 18.8 Å². The Morgan fingerprint density at radius 2 is 1.90 bits per heavy atom. The highest BCUT2D eigenvalue weighted by molar-refractivity contribution is 6.31. The first kappa shape index (κ1) is 28.9. The lowest BCUT2D eigenvalue weighted by Gasteiger charge is -2.32. The molecule has 0 radical (unpaired) electrons. The molecule has 2 aromatic carbocycles. The van der Waals surface area contributed by atoms with Gasteiger partial charge in [-0.2, -0.15) is 0 Å². The Kier molecular flexibility index (Phi) is 9.62. The van der Waals surface area contributed by atoms with E-state index >= 15 is 0 Å². The minimum Gasteiger partial charge on any atom is -0.493 e. The van der Waals surface area contributed by atoms with Crippen LogP contribution in [0.3, 0.4) is 0 Å². The third-order valence-electron chi connectivity index (χ3n) is 6.35. The highest BCUT2D eigenvalue weighted by Gasteiger charge is 2.34. The number of benzene rings is 2. The molecule has 0 bridgehead atoms. The first-order chi connectivity index (χ1) is 19.3. The van der Waals surface area contributed by atoms with Crippen LogP contribution in [0.1, 0.15) is 35.0 Å². The van der Waals surface area contributed by atoms with Crippen LogP contribution in [0, 0.1) is 5.82 Å². The Labute approximate surface area is 235 Å². The molecule has 3 amide bonds. The van der Waals surface area contributed by atoms with Gasteiger partial charge in [0.1, 0.15) is 11.9 Å². The second-order valence-electron chi connectivity index (χ2n) is 8.92. The maximum atomic E-state index is 14.1. The quantitative estimate of drug-likeness (QED) is 0.357. The molecule has 0 saturated carbocycles. The summed E-state index contributed by atoms with van der Waals surface area (Å²) in [5.74, 6) is -1.78. The van der Waals surface area contributed by atoms with Gasteiger partial charge in [0.2, 0.25) is 11.8 Å². The van der Waals surface area contributed by atoms with E-state index in [2.05, 4.69) is 10.6 Å². The molecular formula is C28H29ClFN3O7. The maximum absolute atomic E-state index is 14.1. The summed E-state index contributed by atoms with van der Waals surface area (Å²) in [6, 6.07) is 10.2. The SMILES string of the molecule is COc1ccc(C(C(=O)NCC2CCCO2)N(C(=O)CNC(=O)c2ccco2)c2ccc(F)c(Cl)c2)cc1OC. The average Bonchev–Trinajstić information content (AvgIpc) is 3.69. The number of carbonyl (C=O) groups is 3. The normalized spacial score (nSPS) is 15.2. The standard InChI is InChI=1S/C28H29ClFN3O7/c1-37-22-10-7-17(13-24(22)38-2)26(28(36)31-15-19-5-3-11-39-19)33(18-8-9-21(30)20(29)14-18)25(34)16-32-27(35)23-6-4-12-40-23/h4,6-10,12-14,19,26H,3,5,11,15-16H2,1-2H3,(H,31,36)(H,32,35). The summed E-state index contributed by atoms with van der Waals surface area (Å²) in [5, 5.41) is 5.12. The fourth-order valence-electron chi connectivity index (χ4n) is 4.36. The number of halogens is 2. The molecule has 1 aliphatic heterocycles. The van der Waals surface area contributed by atoms with Crippen molar-refractivity contribution < 1.29 is 37.4 Å². The summed E-state index contributed by atoms with van der Waals surface area (Å²) < 4.78 is 35.6. The van der Waals surface area contributed by atoms with E-state index in [4.69, 9.17) is 30.2 Å². The fraction of sp³-hybridized carbons (Fsp3) is 0.321. The van der Waals surface area contributed by atoms with Gasteiger partial charge in [-0.15, -0.1) is 0 Å². The van der Waals surface area contributed by atoms with E-state index in [0.717, 1.165) is 23.8 Å². The molecular weight excluding hydrogens is 545 g/mol. The summed E-state index contributed by atoms with van der Waals surface area (Å²) in [5.41, 5.74) is 0.504. The van der Waals surface area contributed by atoms with Crippen molar-refractivity contribution in [3.63, 3.8) is 0 Å². The maximum Gasteiger partial charge on any atom is 0.287 e. The Morgan fingerprint density at radius 1 is 1.10 bits per heavy atom. The molecule has 3 aromatic rings. The van der Waals surface area contributed by atoms with Gasteiger partial charge in [0.05, 0.1) is 38.2 Å². The molecule has 212 valence electrons. The molecule has 12 heteroatoms. The minimum absolute atomic E-state index is 0.00919. The summed E-state index contributed by atoms with van der Waals surface area (Å²) in [7, 11) is 2.92. The van der Waals surface area contributed by atoms with Gasteiger partial charge < -0.3 is 29.3 Å². The molecule has 2 atom stereocenters. The highest BCUT2D eigenvalue weighted by atomic mass is 35.5. The first-order valence-corrected chi connectivity index (χ1v) is 12.9. The lowest BCUT2D eigenvalue weighted by Crippen LogP contribution is -2.48. The number of ether oxygens (including phenoxy) is 3. The van der Waals surface area contributed by atoms with Crippen LogP contribution in [0.25, 0.3) is 0 Å². The first-order valence-electron chi connectivity index (χ1n) is 12.5. The fourth-order valence-corrected chi connectivity index (χ4v) is 4.54. The molecule has 0 spiro atoms. The lowest BCUT2D eigenvalue weighted by atomic mass is 10.0. The predicted molar refractivity (Wildman–Crippen MR) is 144 cm³/mol. The molecule has 40 heavy (non-hydrogen) atoms. The van der Waals surface area contributed by atoms with Crippen LogP contribution in [-0.2, 0) is 14.3 Å². The van der Waals surface area contributed by atoms with Crippen molar-refractivity contribution in [3.8, 4) is 11.5 Å². The van der Waals surface area contributed by atoms with Gasteiger partial charge in [-0.05, 0) is 60.9 Å². The Morgan fingerprint density at radius 3 is 2.55 bits per heavy atom. The molecule has 0 aliphatic carbocycles. The third-order valence-corrected chi connectivity index (χ3v) is 6.64. The van der Waals surface area contributed by atoms with Gasteiger partial charge >= 0.3 is 0 Å². The zero-order valence-corrected chi connectivity index (χ0v) is 22.7. The number of hydrogen-bond acceptors (Lipinski definition) is 7. The number of methoxy groups -OCH3 is 2. The summed E-state index contributed by atoms with van der Waals surface area (Å²) in [4.78, 5) is 41.2. The number of carbonyl (C=O) groups excluding carboxylic acids is 3. The van der Waals surface area contributed by atoms with E-state index in [1.54, 1.807) is 18.2 Å². The number of furan rings is 1. The Hall–Kier alpha value is -4.09. The smallest absolute Gasteiger partial charge is 0.287 e. The molecule has 10 nitrogen and oxygen atoms in total. The molecule has 4 rings (SSSR count). The number of amides is 3. The summed E-state index contributed by atoms with van der Waals surface area (Å²) in [6.07, 6.45) is 2.84. The molecule has 1 aliphatic rings. The van der Waals surface area contributed by atoms with Gasteiger partial charge in [-0.3, -0.25) is 19.3 Å². The van der Waals surface area contributed by atoms with Gasteiger partial charge in [-0.25, -0.2) is 4.39 Å². The number of hydrogen-bond donors (Lipinski definition) is 2. The van der Waals surface area contributed by atoms with Gasteiger partial charge in [0, 0.05) is 18.8 Å². The second kappa shape index (κ2) is 13.3. The van der Waals surface area contributed by atoms with Crippen molar-refractivity contribution in [2.45, 2.75) is 25.0 Å². The zero-order chi connectivity index (χ0) is 28.6. The van der Waals surface area contributed by atoms with Crippen LogP contribution in [0.15, 0.2) is 59.2 Å². The molecule has 2 unspecified atom stereocenters. The third kappa shape index (κ3) is 6.72. The molecule has 1 fully saturated rings. The summed E-state index contributed by atoms with van der Waals surface area (Å²) in [6.45, 7) is 0.328. The monoisotopic (exact) mass is 573 g/mol. The van der Waals surface area contributed by atoms with Crippen molar-refractivity contribution in [3.05, 3.63) is 77.0 Å². The highest BCUT2D eigenvalue weighted by Crippen LogP contribution is 2.35. The minimum atomic E-state index is -1.27. The summed E-state index contributed by atoms with van der Waals surface area (Å²) >= 11 is 6.07. The van der Waals surface area contributed by atoms with Crippen molar-refractivity contribution >= 4 is 35.0 Å². The Bertz CT molecular complexity index is 1350. The Balaban J connectivity index is 1.73. The largest absolute Gasteiger partial charge is 0.493 e. The van der Waals surface area contributed by atoms with Crippen molar-refractivity contribution in [1.82, 2.24) is 10.6 Å². The topological polar surface area (TPSA) is 119 Å². The zero-order valence-electron chi connectivity index (χ0n) is 21.9. The van der Waals surface area contributed by atoms with E-state index in [-0.39, 0.29) is 29.1 Å². The van der Waals surface area contributed by atoms with E-state index < -0.39 is 36.1 Å². The van der Waals surface area contributed by atoms with Crippen molar-refractivity contribution in [2.75, 3.05) is 38.8 Å². The van der Waals surface area contributed by atoms with Crippen molar-refractivity contribution in [2.24, 2.45) is 0 Å². The number of anilines is 1. The van der Waals surface area contributed by atoms with Gasteiger partial charge in [-0.1, -0.05) is 17.7 Å². The van der Waals surface area contributed by atoms with Crippen LogP contribution in [0.5, 0.6) is 11.5 Å². The molecule has 2 N–H and O–H groups in total. The van der Waals surface area contributed by atoms with E-state index in [1.807, 2.05) is 0 Å². The predicted octanol–water partition coefficient (Wildman–Crippen LogP) is 3.89. The van der Waals surface area contributed by atoms with E-state index in [0.29, 0.717) is 23.7 Å². The van der Waals surface area contributed by atoms with Crippen molar-refractivity contribution in [1.29, 1.82) is 0 Å². The van der Waals surface area contributed by atoms with Crippen LogP contribution in [-0.4, -0.2) is 57.7 Å². The number of nitrogens with zero attached hydrogens (tertiary/aromatic N) is 1. The van der Waals surface area contributed by atoms with Crippen LogP contribution >= 0.6 is 11.6 Å². The van der Waals surface area contributed by atoms with Crippen LogP contribution in [0.2, 0.25) is 5.02 Å². The average molecular weight is 574 g/mol. The molecule has 1 saturated heterocycles. The molecule has 2 heterocycles. The van der Waals surface area contributed by atoms with E-state index in [1.165, 1.54) is 44.7 Å². The molecule has 1 aromatic heterocycles.